The van der Waals surface area contributed by atoms with Gasteiger partial charge < -0.3 is 14.2 Å². The summed E-state index contributed by atoms with van der Waals surface area (Å²) in [5.41, 5.74) is 0. The summed E-state index contributed by atoms with van der Waals surface area (Å²) in [6, 6.07) is 8.97. The summed E-state index contributed by atoms with van der Waals surface area (Å²) in [6.45, 7) is 8.19. The summed E-state index contributed by atoms with van der Waals surface area (Å²) >= 11 is 1.74. The first-order valence-electron chi connectivity index (χ1n) is 8.96. The number of nitrogens with zero attached hydrogens (tertiary/aromatic N) is 3. The number of piperidine rings is 1. The van der Waals surface area contributed by atoms with Crippen molar-refractivity contribution >= 4 is 17.8 Å². The predicted octanol–water partition coefficient (Wildman–Crippen LogP) is 4.60. The Bertz CT molecular complexity index is 681. The predicted molar refractivity (Wildman–Crippen MR) is 102 cm³/mol. The van der Waals surface area contributed by atoms with E-state index in [0.29, 0.717) is 17.9 Å². The second-order valence-corrected chi connectivity index (χ2v) is 7.80. The van der Waals surface area contributed by atoms with Gasteiger partial charge in [0.2, 0.25) is 0 Å². The molecule has 0 N–H and O–H groups in total. The molecule has 0 unspecified atom stereocenters. The van der Waals surface area contributed by atoms with Crippen molar-refractivity contribution in [3.8, 4) is 5.75 Å². The standard InChI is InChI=1S/C19H27N3O2S/c1-13(2)18-20-19(24-21-18)22-10-8-15(9-11-22)14(3)23-16-6-5-7-17(12-16)25-4/h5-7,12-15H,8-11H2,1-4H3/t14-/m0/s1. The van der Waals surface area contributed by atoms with Crippen LogP contribution >= 0.6 is 11.8 Å². The van der Waals surface area contributed by atoms with Gasteiger partial charge in [-0.05, 0) is 50.1 Å². The maximum atomic E-state index is 6.19. The van der Waals surface area contributed by atoms with E-state index in [1.807, 2.05) is 6.07 Å². The summed E-state index contributed by atoms with van der Waals surface area (Å²) in [4.78, 5) is 7.93. The van der Waals surface area contributed by atoms with Crippen LogP contribution in [0.15, 0.2) is 33.7 Å². The van der Waals surface area contributed by atoms with Crippen LogP contribution in [-0.4, -0.2) is 35.6 Å². The van der Waals surface area contributed by atoms with Crippen LogP contribution in [0.3, 0.4) is 0 Å². The van der Waals surface area contributed by atoms with Crippen LogP contribution in [-0.2, 0) is 0 Å². The van der Waals surface area contributed by atoms with Crippen LogP contribution in [0.5, 0.6) is 5.75 Å². The molecule has 3 rings (SSSR count). The lowest BCUT2D eigenvalue weighted by Crippen LogP contribution is -2.38. The molecular weight excluding hydrogens is 334 g/mol. The molecule has 1 saturated heterocycles. The van der Waals surface area contributed by atoms with E-state index >= 15 is 0 Å². The zero-order chi connectivity index (χ0) is 17.8. The highest BCUT2D eigenvalue weighted by Crippen LogP contribution is 2.28. The fourth-order valence-electron chi connectivity index (χ4n) is 3.13. The van der Waals surface area contributed by atoms with Crippen LogP contribution < -0.4 is 9.64 Å². The van der Waals surface area contributed by atoms with Gasteiger partial charge in [-0.25, -0.2) is 0 Å². The van der Waals surface area contributed by atoms with Crippen molar-refractivity contribution in [1.82, 2.24) is 10.1 Å². The number of hydrogen-bond acceptors (Lipinski definition) is 6. The molecule has 0 amide bonds. The monoisotopic (exact) mass is 361 g/mol. The van der Waals surface area contributed by atoms with E-state index in [9.17, 15) is 0 Å². The van der Waals surface area contributed by atoms with Crippen molar-refractivity contribution in [2.24, 2.45) is 5.92 Å². The third kappa shape index (κ3) is 4.48. The van der Waals surface area contributed by atoms with E-state index in [-0.39, 0.29) is 6.10 Å². The van der Waals surface area contributed by atoms with E-state index < -0.39 is 0 Å². The molecule has 6 heteroatoms. The number of ether oxygens (including phenoxy) is 1. The molecule has 0 aliphatic carbocycles. The number of thioether (sulfide) groups is 1. The molecule has 0 spiro atoms. The normalized spacial score (nSPS) is 17.1. The summed E-state index contributed by atoms with van der Waals surface area (Å²) < 4.78 is 11.6. The summed E-state index contributed by atoms with van der Waals surface area (Å²) in [7, 11) is 0. The minimum atomic E-state index is 0.202. The average molecular weight is 362 g/mol. The lowest BCUT2D eigenvalue weighted by molar-refractivity contribution is 0.131. The van der Waals surface area contributed by atoms with Gasteiger partial charge >= 0.3 is 6.01 Å². The Morgan fingerprint density at radius 1 is 1.24 bits per heavy atom. The van der Waals surface area contributed by atoms with Crippen LogP contribution in [0.2, 0.25) is 0 Å². The quantitative estimate of drug-likeness (QED) is 0.701. The van der Waals surface area contributed by atoms with Crippen LogP contribution in [0.1, 0.15) is 45.4 Å². The largest absolute Gasteiger partial charge is 0.490 e. The molecule has 0 saturated carbocycles. The number of hydrogen-bond donors (Lipinski definition) is 0. The molecule has 25 heavy (non-hydrogen) atoms. The Morgan fingerprint density at radius 3 is 2.64 bits per heavy atom. The van der Waals surface area contributed by atoms with Crippen LogP contribution in [0, 0.1) is 5.92 Å². The van der Waals surface area contributed by atoms with Gasteiger partial charge in [-0.1, -0.05) is 25.1 Å². The number of benzene rings is 1. The minimum absolute atomic E-state index is 0.202. The molecular formula is C19H27N3O2S. The Labute approximate surface area is 154 Å². The lowest BCUT2D eigenvalue weighted by atomic mass is 9.92. The highest BCUT2D eigenvalue weighted by Gasteiger charge is 2.27. The van der Waals surface area contributed by atoms with Crippen LogP contribution in [0.25, 0.3) is 0 Å². The van der Waals surface area contributed by atoms with Gasteiger partial charge in [0.05, 0.1) is 6.10 Å². The van der Waals surface area contributed by atoms with Crippen LogP contribution in [0.4, 0.5) is 6.01 Å². The van der Waals surface area contributed by atoms with Gasteiger partial charge in [-0.2, -0.15) is 4.98 Å². The molecule has 1 aromatic heterocycles. The number of aromatic nitrogens is 2. The Hall–Kier alpha value is -1.69. The fourth-order valence-corrected chi connectivity index (χ4v) is 3.58. The van der Waals surface area contributed by atoms with Crippen molar-refractivity contribution < 1.29 is 9.26 Å². The Balaban J connectivity index is 1.54. The first-order chi connectivity index (χ1) is 12.1. The molecule has 5 nitrogen and oxygen atoms in total. The van der Waals surface area contributed by atoms with Crippen molar-refractivity contribution in [3.05, 3.63) is 30.1 Å². The molecule has 1 aromatic carbocycles. The molecule has 0 radical (unpaired) electrons. The van der Waals surface area contributed by atoms with Gasteiger partial charge in [0.15, 0.2) is 5.82 Å². The summed E-state index contributed by atoms with van der Waals surface area (Å²) in [5.74, 6) is 2.57. The van der Waals surface area contributed by atoms with E-state index in [2.05, 4.69) is 60.3 Å². The first kappa shape index (κ1) is 18.1. The van der Waals surface area contributed by atoms with Gasteiger partial charge in [0.1, 0.15) is 5.75 Å². The van der Waals surface area contributed by atoms with Crippen molar-refractivity contribution in [2.45, 2.75) is 50.5 Å². The van der Waals surface area contributed by atoms with Crippen molar-refractivity contribution in [2.75, 3.05) is 24.2 Å². The van der Waals surface area contributed by atoms with Gasteiger partial charge in [-0.15, -0.1) is 11.8 Å². The molecule has 2 aromatic rings. The van der Waals surface area contributed by atoms with Crippen molar-refractivity contribution in [1.29, 1.82) is 0 Å². The molecule has 1 fully saturated rings. The lowest BCUT2D eigenvalue weighted by Gasteiger charge is -2.33. The first-order valence-corrected chi connectivity index (χ1v) is 10.2. The molecule has 0 bridgehead atoms. The number of anilines is 1. The highest BCUT2D eigenvalue weighted by molar-refractivity contribution is 7.98. The second-order valence-electron chi connectivity index (χ2n) is 6.92. The zero-order valence-electron chi connectivity index (χ0n) is 15.4. The van der Waals surface area contributed by atoms with E-state index in [1.165, 1.54) is 4.90 Å². The third-order valence-electron chi connectivity index (χ3n) is 4.78. The molecule has 1 atom stereocenters. The Morgan fingerprint density at radius 2 is 2.00 bits per heavy atom. The third-order valence-corrected chi connectivity index (χ3v) is 5.51. The van der Waals surface area contributed by atoms with Gasteiger partial charge in [-0.3, -0.25) is 0 Å². The summed E-state index contributed by atoms with van der Waals surface area (Å²) in [6.07, 6.45) is 4.43. The molecule has 1 aliphatic heterocycles. The maximum Gasteiger partial charge on any atom is 0.324 e. The van der Waals surface area contributed by atoms with E-state index in [0.717, 1.165) is 37.5 Å². The molecule has 2 heterocycles. The Kier molecular flexibility index (Phi) is 5.89. The molecule has 1 aliphatic rings. The SMILES string of the molecule is CSc1cccc(O[C@@H](C)C2CCN(c3nc(C(C)C)no3)CC2)c1. The smallest absolute Gasteiger partial charge is 0.324 e. The van der Waals surface area contributed by atoms with E-state index in [1.54, 1.807) is 11.8 Å². The maximum absolute atomic E-state index is 6.19. The highest BCUT2D eigenvalue weighted by atomic mass is 32.2. The van der Waals surface area contributed by atoms with Crippen molar-refractivity contribution in [3.63, 3.8) is 0 Å². The minimum Gasteiger partial charge on any atom is -0.490 e. The van der Waals surface area contributed by atoms with Gasteiger partial charge in [0, 0.05) is 23.9 Å². The van der Waals surface area contributed by atoms with Gasteiger partial charge in [0.25, 0.3) is 0 Å². The number of rotatable bonds is 6. The summed E-state index contributed by atoms with van der Waals surface area (Å²) in [5, 5.41) is 4.06. The fraction of sp³-hybridized carbons (Fsp3) is 0.579. The zero-order valence-corrected chi connectivity index (χ0v) is 16.3. The topological polar surface area (TPSA) is 51.4 Å². The average Bonchev–Trinajstić information content (AvgIpc) is 3.12. The second kappa shape index (κ2) is 8.13. The molecule has 136 valence electrons. The van der Waals surface area contributed by atoms with E-state index in [4.69, 9.17) is 9.26 Å².